The lowest BCUT2D eigenvalue weighted by Crippen LogP contribution is -2.36. The number of halogens is 1. The first-order valence-electron chi connectivity index (χ1n) is 7.77. The predicted octanol–water partition coefficient (Wildman–Crippen LogP) is 4.24. The fraction of sp³-hybridized carbons (Fsp3) is 0.647. The second kappa shape index (κ2) is 7.44. The zero-order chi connectivity index (χ0) is 14.5. The number of rotatable bonds is 5. The van der Waals surface area contributed by atoms with Crippen LogP contribution < -0.4 is 5.73 Å². The van der Waals surface area contributed by atoms with Crippen molar-refractivity contribution < 1.29 is 0 Å². The molecular formula is C17H27ClN2. The molecule has 2 N–H and O–H groups in total. The van der Waals surface area contributed by atoms with Crippen LogP contribution in [0, 0.1) is 5.92 Å². The Morgan fingerprint density at radius 2 is 1.80 bits per heavy atom. The molecule has 1 atom stereocenters. The first-order valence-corrected chi connectivity index (χ1v) is 8.15. The van der Waals surface area contributed by atoms with Gasteiger partial charge in [0.2, 0.25) is 0 Å². The van der Waals surface area contributed by atoms with Crippen LogP contribution >= 0.6 is 11.6 Å². The van der Waals surface area contributed by atoms with Crippen molar-refractivity contribution in [3.05, 3.63) is 34.9 Å². The molecule has 0 amide bonds. The largest absolute Gasteiger partial charge is 0.324 e. The molecule has 0 aromatic heterocycles. The van der Waals surface area contributed by atoms with E-state index in [1.54, 1.807) is 0 Å². The lowest BCUT2D eigenvalue weighted by molar-refractivity contribution is 0.166. The summed E-state index contributed by atoms with van der Waals surface area (Å²) < 4.78 is 0. The number of nitrogens with two attached hydrogens (primary N) is 1. The second-order valence-corrected chi connectivity index (χ2v) is 6.78. The Labute approximate surface area is 128 Å². The smallest absolute Gasteiger partial charge is 0.0406 e. The summed E-state index contributed by atoms with van der Waals surface area (Å²) in [6.07, 6.45) is 6.43. The van der Waals surface area contributed by atoms with Crippen molar-refractivity contribution in [2.45, 2.75) is 51.1 Å². The zero-order valence-electron chi connectivity index (χ0n) is 12.7. The topological polar surface area (TPSA) is 29.3 Å². The van der Waals surface area contributed by atoms with Crippen molar-refractivity contribution >= 4 is 11.6 Å². The van der Waals surface area contributed by atoms with Crippen molar-refractivity contribution in [2.75, 3.05) is 13.6 Å². The fourth-order valence-corrected chi connectivity index (χ4v) is 3.21. The molecule has 2 nitrogen and oxygen atoms in total. The van der Waals surface area contributed by atoms with E-state index in [9.17, 15) is 0 Å². The summed E-state index contributed by atoms with van der Waals surface area (Å²) in [5, 5.41) is 0.773. The Morgan fingerprint density at radius 1 is 1.20 bits per heavy atom. The van der Waals surface area contributed by atoms with Gasteiger partial charge in [-0.1, -0.05) is 30.7 Å². The molecule has 112 valence electrons. The maximum absolute atomic E-state index is 6.28. The Kier molecular flexibility index (Phi) is 5.88. The van der Waals surface area contributed by atoms with E-state index in [1.165, 1.54) is 31.2 Å². The minimum Gasteiger partial charge on any atom is -0.324 e. The summed E-state index contributed by atoms with van der Waals surface area (Å²) in [6.45, 7) is 3.44. The van der Waals surface area contributed by atoms with Gasteiger partial charge in [-0.15, -0.1) is 0 Å². The number of benzene rings is 1. The third kappa shape index (κ3) is 4.47. The summed E-state index contributed by atoms with van der Waals surface area (Å²) in [5.74, 6) is 0.913. The van der Waals surface area contributed by atoms with Gasteiger partial charge in [-0.3, -0.25) is 0 Å². The molecule has 1 aromatic carbocycles. The average Bonchev–Trinajstić information content (AvgIpc) is 2.46. The van der Waals surface area contributed by atoms with Crippen LogP contribution in [-0.4, -0.2) is 24.5 Å². The molecule has 0 radical (unpaired) electrons. The SMILES string of the molecule is CC1CCC(N(C)CCC(N)c2ccc(Cl)cc2)CC1. The van der Waals surface area contributed by atoms with Crippen molar-refractivity contribution in [2.24, 2.45) is 11.7 Å². The molecule has 0 aliphatic heterocycles. The lowest BCUT2D eigenvalue weighted by Gasteiger charge is -2.34. The minimum absolute atomic E-state index is 0.109. The molecule has 1 aromatic rings. The summed E-state index contributed by atoms with van der Waals surface area (Å²) in [5.41, 5.74) is 7.46. The summed E-state index contributed by atoms with van der Waals surface area (Å²) in [7, 11) is 2.25. The van der Waals surface area contributed by atoms with Gasteiger partial charge >= 0.3 is 0 Å². The van der Waals surface area contributed by atoms with Gasteiger partial charge in [-0.25, -0.2) is 0 Å². The highest BCUT2D eigenvalue weighted by Gasteiger charge is 2.21. The van der Waals surface area contributed by atoms with E-state index in [4.69, 9.17) is 17.3 Å². The van der Waals surface area contributed by atoms with Gasteiger partial charge in [0.15, 0.2) is 0 Å². The number of hydrogen-bond acceptors (Lipinski definition) is 2. The zero-order valence-corrected chi connectivity index (χ0v) is 13.4. The Bertz CT molecular complexity index is 396. The molecule has 3 heteroatoms. The van der Waals surface area contributed by atoms with Crippen LogP contribution in [0.2, 0.25) is 5.02 Å². The summed E-state index contributed by atoms with van der Waals surface area (Å²) in [4.78, 5) is 2.50. The standard InChI is InChI=1S/C17H27ClN2/c1-13-3-9-16(10-4-13)20(2)12-11-17(19)14-5-7-15(18)8-6-14/h5-8,13,16-17H,3-4,9-12,19H2,1-2H3. The quantitative estimate of drug-likeness (QED) is 0.880. The predicted molar refractivity (Wildman–Crippen MR) is 87.0 cm³/mol. The third-order valence-corrected chi connectivity index (χ3v) is 4.95. The van der Waals surface area contributed by atoms with E-state index in [0.29, 0.717) is 0 Å². The number of nitrogens with zero attached hydrogens (tertiary/aromatic N) is 1. The van der Waals surface area contributed by atoms with Crippen molar-refractivity contribution in [3.8, 4) is 0 Å². The van der Waals surface area contributed by atoms with E-state index in [1.807, 2.05) is 24.3 Å². The van der Waals surface area contributed by atoms with Crippen LogP contribution in [0.5, 0.6) is 0 Å². The molecule has 1 unspecified atom stereocenters. The molecule has 1 aliphatic rings. The summed E-state index contributed by atoms with van der Waals surface area (Å²) >= 11 is 5.91. The van der Waals surface area contributed by atoms with Crippen molar-refractivity contribution in [1.82, 2.24) is 4.90 Å². The average molecular weight is 295 g/mol. The van der Waals surface area contributed by atoms with Crippen LogP contribution in [0.1, 0.15) is 50.6 Å². The fourth-order valence-electron chi connectivity index (χ4n) is 3.09. The van der Waals surface area contributed by atoms with Gasteiger partial charge in [0.05, 0.1) is 0 Å². The molecule has 20 heavy (non-hydrogen) atoms. The number of hydrogen-bond donors (Lipinski definition) is 1. The van der Waals surface area contributed by atoms with Crippen molar-refractivity contribution in [1.29, 1.82) is 0 Å². The van der Waals surface area contributed by atoms with Gasteiger partial charge in [0.25, 0.3) is 0 Å². The van der Waals surface area contributed by atoms with Gasteiger partial charge in [-0.2, -0.15) is 0 Å². The highest BCUT2D eigenvalue weighted by molar-refractivity contribution is 6.30. The molecule has 0 bridgehead atoms. The van der Waals surface area contributed by atoms with E-state index in [-0.39, 0.29) is 6.04 Å². The molecular weight excluding hydrogens is 268 g/mol. The Balaban J connectivity index is 1.77. The maximum atomic E-state index is 6.28. The molecule has 0 heterocycles. The molecule has 1 aliphatic carbocycles. The van der Waals surface area contributed by atoms with Crippen LogP contribution in [0.3, 0.4) is 0 Å². The van der Waals surface area contributed by atoms with E-state index >= 15 is 0 Å². The maximum Gasteiger partial charge on any atom is 0.0406 e. The van der Waals surface area contributed by atoms with Crippen molar-refractivity contribution in [3.63, 3.8) is 0 Å². The van der Waals surface area contributed by atoms with Gasteiger partial charge < -0.3 is 10.6 Å². The van der Waals surface area contributed by atoms with Crippen LogP contribution in [0.15, 0.2) is 24.3 Å². The Hall–Kier alpha value is -0.570. The minimum atomic E-state index is 0.109. The molecule has 0 saturated heterocycles. The third-order valence-electron chi connectivity index (χ3n) is 4.70. The Morgan fingerprint density at radius 3 is 2.40 bits per heavy atom. The molecule has 0 spiro atoms. The first-order chi connectivity index (χ1) is 9.56. The lowest BCUT2D eigenvalue weighted by atomic mass is 9.86. The van der Waals surface area contributed by atoms with Gasteiger partial charge in [0, 0.05) is 17.1 Å². The highest BCUT2D eigenvalue weighted by atomic mass is 35.5. The molecule has 1 fully saturated rings. The van der Waals surface area contributed by atoms with E-state index in [2.05, 4.69) is 18.9 Å². The van der Waals surface area contributed by atoms with Crippen LogP contribution in [0.4, 0.5) is 0 Å². The van der Waals surface area contributed by atoms with E-state index in [0.717, 1.165) is 29.9 Å². The monoisotopic (exact) mass is 294 g/mol. The van der Waals surface area contributed by atoms with E-state index < -0.39 is 0 Å². The summed E-state index contributed by atoms with van der Waals surface area (Å²) in [6, 6.07) is 8.78. The van der Waals surface area contributed by atoms with Gasteiger partial charge in [0.1, 0.15) is 0 Å². The first kappa shape index (κ1) is 15.8. The molecule has 2 rings (SSSR count). The molecule has 1 saturated carbocycles. The van der Waals surface area contributed by atoms with Gasteiger partial charge in [-0.05, 0) is 69.3 Å². The van der Waals surface area contributed by atoms with Crippen LogP contribution in [-0.2, 0) is 0 Å². The highest BCUT2D eigenvalue weighted by Crippen LogP contribution is 2.27. The van der Waals surface area contributed by atoms with Crippen LogP contribution in [0.25, 0.3) is 0 Å². The second-order valence-electron chi connectivity index (χ2n) is 6.34. The normalized spacial score (nSPS) is 24.9.